The van der Waals surface area contributed by atoms with Crippen molar-refractivity contribution in [2.24, 2.45) is 7.05 Å². The van der Waals surface area contributed by atoms with Crippen LogP contribution in [-0.2, 0) is 11.8 Å². The number of hydrogen-bond donors (Lipinski definition) is 1. The van der Waals surface area contributed by atoms with Crippen LogP contribution in [0.4, 0.5) is 13.2 Å². The van der Waals surface area contributed by atoms with Gasteiger partial charge in [-0.15, -0.1) is 0 Å². The summed E-state index contributed by atoms with van der Waals surface area (Å²) in [4.78, 5) is 17.4. The van der Waals surface area contributed by atoms with Crippen LogP contribution in [0, 0.1) is 18.8 Å². The molecule has 0 saturated carbocycles. The molecule has 10 heteroatoms. The van der Waals surface area contributed by atoms with Crippen molar-refractivity contribution in [2.75, 3.05) is 7.11 Å². The molecule has 0 atom stereocenters. The van der Waals surface area contributed by atoms with Crippen molar-refractivity contribution in [3.05, 3.63) is 84.1 Å². The maximum Gasteiger partial charge on any atom is 0.490 e. The lowest BCUT2D eigenvalue weighted by atomic mass is 10.0. The highest BCUT2D eigenvalue weighted by Gasteiger charge is 2.38. The lowest BCUT2D eigenvalue weighted by molar-refractivity contribution is -0.192. The molecule has 0 amide bonds. The van der Waals surface area contributed by atoms with E-state index < -0.39 is 12.1 Å². The zero-order valence-electron chi connectivity index (χ0n) is 19.5. The van der Waals surface area contributed by atoms with Crippen molar-refractivity contribution in [3.8, 4) is 40.0 Å². The van der Waals surface area contributed by atoms with E-state index in [-0.39, 0.29) is 0 Å². The molecule has 0 saturated heterocycles. The van der Waals surface area contributed by atoms with Gasteiger partial charge in [-0.1, -0.05) is 18.1 Å². The Hall–Kier alpha value is -4.65. The topological polar surface area (TPSA) is 90.1 Å². The second-order valence-corrected chi connectivity index (χ2v) is 7.43. The van der Waals surface area contributed by atoms with Crippen LogP contribution in [-0.4, -0.2) is 44.1 Å². The summed E-state index contributed by atoms with van der Waals surface area (Å²) in [5, 5.41) is 11.8. The van der Waals surface area contributed by atoms with Gasteiger partial charge in [0.05, 0.1) is 12.7 Å². The van der Waals surface area contributed by atoms with Crippen molar-refractivity contribution in [1.29, 1.82) is 0 Å². The average Bonchev–Trinajstić information content (AvgIpc) is 3.24. The van der Waals surface area contributed by atoms with E-state index in [1.54, 1.807) is 19.5 Å². The van der Waals surface area contributed by atoms with E-state index in [1.165, 1.54) is 0 Å². The van der Waals surface area contributed by atoms with Crippen LogP contribution < -0.4 is 4.74 Å². The summed E-state index contributed by atoms with van der Waals surface area (Å²) in [6.45, 7) is 1.95. The number of nitrogens with zero attached hydrogens (tertiary/aromatic N) is 4. The predicted molar refractivity (Wildman–Crippen MR) is 127 cm³/mol. The monoisotopic (exact) mass is 494 g/mol. The molecule has 0 aliphatic rings. The molecule has 7 nitrogen and oxygen atoms in total. The van der Waals surface area contributed by atoms with Gasteiger partial charge in [0, 0.05) is 42.5 Å². The molecule has 4 aromatic rings. The largest absolute Gasteiger partial charge is 0.495 e. The summed E-state index contributed by atoms with van der Waals surface area (Å²) in [6, 6.07) is 15.7. The number of pyridine rings is 2. The number of carboxylic acid groups (broad SMARTS) is 1. The lowest BCUT2D eigenvalue weighted by Gasteiger charge is -2.07. The maximum absolute atomic E-state index is 10.6. The van der Waals surface area contributed by atoms with Crippen molar-refractivity contribution in [2.45, 2.75) is 13.1 Å². The van der Waals surface area contributed by atoms with Gasteiger partial charge in [-0.05, 0) is 54.8 Å². The second kappa shape index (κ2) is 11.2. The Morgan fingerprint density at radius 2 is 1.75 bits per heavy atom. The first-order chi connectivity index (χ1) is 17.1. The zero-order valence-corrected chi connectivity index (χ0v) is 19.5. The van der Waals surface area contributed by atoms with Gasteiger partial charge in [-0.25, -0.2) is 9.78 Å². The van der Waals surface area contributed by atoms with E-state index >= 15 is 0 Å². The van der Waals surface area contributed by atoms with E-state index in [0.29, 0.717) is 5.75 Å². The van der Waals surface area contributed by atoms with Gasteiger partial charge in [0.2, 0.25) is 0 Å². The first-order valence-electron chi connectivity index (χ1n) is 10.5. The minimum absolute atomic E-state index is 0.703. The number of methoxy groups -OCH3 is 1. The predicted octanol–water partition coefficient (Wildman–Crippen LogP) is 4.89. The number of carboxylic acids is 1. The Balaban J connectivity index is 0.000000454. The van der Waals surface area contributed by atoms with Crippen LogP contribution in [0.15, 0.2) is 67.1 Å². The number of aromatic nitrogens is 4. The van der Waals surface area contributed by atoms with Crippen molar-refractivity contribution < 1.29 is 27.8 Å². The number of halogens is 3. The third-order valence-corrected chi connectivity index (χ3v) is 4.75. The highest BCUT2D eigenvalue weighted by molar-refractivity contribution is 5.81. The Morgan fingerprint density at radius 3 is 2.36 bits per heavy atom. The van der Waals surface area contributed by atoms with E-state index in [9.17, 15) is 13.2 Å². The standard InChI is InChI=1S/C24H20N4O.C2HF3O2/c1-17-5-4-6-21(26-17)10-9-19-7-8-20(15-23(19)29-3)24-22(16-28(2)27-24)18-11-13-25-14-12-18;3-2(4,5)1(6)7/h4-8,11-16H,1-3H3;(H,6,7). The molecule has 1 N–H and O–H groups in total. The van der Waals surface area contributed by atoms with E-state index in [1.807, 2.05) is 73.4 Å². The quantitative estimate of drug-likeness (QED) is 0.408. The number of alkyl halides is 3. The fraction of sp³-hybridized carbons (Fsp3) is 0.154. The maximum atomic E-state index is 10.6. The molecule has 184 valence electrons. The van der Waals surface area contributed by atoms with Gasteiger partial charge >= 0.3 is 12.1 Å². The minimum atomic E-state index is -5.08. The first-order valence-corrected chi connectivity index (χ1v) is 10.5. The number of hydrogen-bond acceptors (Lipinski definition) is 5. The third-order valence-electron chi connectivity index (χ3n) is 4.75. The van der Waals surface area contributed by atoms with E-state index in [2.05, 4.69) is 26.9 Å². The van der Waals surface area contributed by atoms with Crippen LogP contribution in [0.25, 0.3) is 22.4 Å². The first kappa shape index (κ1) is 26.0. The summed E-state index contributed by atoms with van der Waals surface area (Å²) in [5.41, 5.74) is 6.45. The minimum Gasteiger partial charge on any atom is -0.495 e. The molecule has 0 radical (unpaired) electrons. The molecule has 0 aliphatic carbocycles. The molecule has 0 aliphatic heterocycles. The molecule has 0 fully saturated rings. The molecule has 4 rings (SSSR count). The van der Waals surface area contributed by atoms with Crippen LogP contribution in [0.2, 0.25) is 0 Å². The third kappa shape index (κ3) is 6.70. The molecular weight excluding hydrogens is 473 g/mol. The van der Waals surface area contributed by atoms with Gasteiger partial charge in [0.1, 0.15) is 17.1 Å². The SMILES string of the molecule is COc1cc(-c2nn(C)cc2-c2ccncc2)ccc1C#Cc1cccc(C)n1.O=C(O)C(F)(F)F. The number of carbonyl (C=O) groups is 1. The normalized spacial score (nSPS) is 10.5. The highest BCUT2D eigenvalue weighted by Crippen LogP contribution is 2.33. The van der Waals surface area contributed by atoms with Crippen molar-refractivity contribution in [1.82, 2.24) is 19.7 Å². The Labute approximate surface area is 205 Å². The summed E-state index contributed by atoms with van der Waals surface area (Å²) < 4.78 is 39.2. The Kier molecular flexibility index (Phi) is 8.07. The van der Waals surface area contributed by atoms with Gasteiger partial charge in [-0.2, -0.15) is 18.3 Å². The molecule has 0 unspecified atom stereocenters. The van der Waals surface area contributed by atoms with Gasteiger partial charge in [0.15, 0.2) is 0 Å². The number of ether oxygens (including phenoxy) is 1. The van der Waals surface area contributed by atoms with E-state index in [0.717, 1.165) is 39.3 Å². The fourth-order valence-electron chi connectivity index (χ4n) is 3.13. The molecule has 1 aromatic carbocycles. The van der Waals surface area contributed by atoms with Gasteiger partial charge < -0.3 is 9.84 Å². The second-order valence-electron chi connectivity index (χ2n) is 7.43. The van der Waals surface area contributed by atoms with Crippen molar-refractivity contribution in [3.63, 3.8) is 0 Å². The molecule has 36 heavy (non-hydrogen) atoms. The van der Waals surface area contributed by atoms with Gasteiger partial charge in [0.25, 0.3) is 0 Å². The number of aliphatic carboxylic acids is 1. The molecule has 3 heterocycles. The number of aryl methyl sites for hydroxylation is 2. The van der Waals surface area contributed by atoms with Crippen LogP contribution in [0.5, 0.6) is 5.75 Å². The van der Waals surface area contributed by atoms with E-state index in [4.69, 9.17) is 14.6 Å². The van der Waals surface area contributed by atoms with Crippen LogP contribution in [0.3, 0.4) is 0 Å². The zero-order chi connectivity index (χ0) is 26.3. The van der Waals surface area contributed by atoms with Crippen LogP contribution in [0.1, 0.15) is 17.0 Å². The number of rotatable bonds is 3. The summed E-state index contributed by atoms with van der Waals surface area (Å²) >= 11 is 0. The van der Waals surface area contributed by atoms with Crippen molar-refractivity contribution >= 4 is 5.97 Å². The highest BCUT2D eigenvalue weighted by atomic mass is 19.4. The Bertz CT molecular complexity index is 1420. The lowest BCUT2D eigenvalue weighted by Crippen LogP contribution is -2.21. The Morgan fingerprint density at radius 1 is 1.06 bits per heavy atom. The summed E-state index contributed by atoms with van der Waals surface area (Å²) in [6.07, 6.45) is 0.490. The number of benzene rings is 1. The van der Waals surface area contributed by atoms with Gasteiger partial charge in [-0.3, -0.25) is 9.67 Å². The fourth-order valence-corrected chi connectivity index (χ4v) is 3.13. The smallest absolute Gasteiger partial charge is 0.490 e. The molecule has 3 aromatic heterocycles. The molecule has 0 bridgehead atoms. The summed E-state index contributed by atoms with van der Waals surface area (Å²) in [7, 11) is 3.57. The summed E-state index contributed by atoms with van der Waals surface area (Å²) in [5.74, 6) is 4.22. The molecular formula is C26H21F3N4O3. The average molecular weight is 494 g/mol. The molecule has 0 spiro atoms. The van der Waals surface area contributed by atoms with Crippen LogP contribution >= 0.6 is 0 Å².